The number of aromatic hydroxyl groups is 1. The van der Waals surface area contributed by atoms with Crippen molar-refractivity contribution in [3.63, 3.8) is 0 Å². The van der Waals surface area contributed by atoms with Gasteiger partial charge in [-0.05, 0) is 12.1 Å². The molecule has 0 aliphatic rings. The topological polar surface area (TPSA) is 53.1 Å². The number of aromatic amines is 1. The highest BCUT2D eigenvalue weighted by atomic mass is 16.3. The Morgan fingerprint density at radius 1 is 1.14 bits per heavy atom. The van der Waals surface area contributed by atoms with Crippen LogP contribution in [0.4, 0.5) is 0 Å². The lowest BCUT2D eigenvalue weighted by Crippen LogP contribution is -1.97. The summed E-state index contributed by atoms with van der Waals surface area (Å²) in [7, 11) is 0. The highest BCUT2D eigenvalue weighted by Gasteiger charge is 2.02. The molecule has 70 valence electrons. The van der Waals surface area contributed by atoms with Gasteiger partial charge in [-0.25, -0.2) is 0 Å². The van der Waals surface area contributed by atoms with Crippen molar-refractivity contribution >= 4 is 0 Å². The van der Waals surface area contributed by atoms with E-state index in [2.05, 4.69) is 4.98 Å². The van der Waals surface area contributed by atoms with Crippen LogP contribution in [0, 0.1) is 0 Å². The predicted octanol–water partition coefficient (Wildman–Crippen LogP) is 1.75. The van der Waals surface area contributed by atoms with Gasteiger partial charge in [0.2, 0.25) is 0 Å². The van der Waals surface area contributed by atoms with E-state index in [1.165, 1.54) is 12.1 Å². The third-order valence-electron chi connectivity index (χ3n) is 1.97. The molecule has 1 heterocycles. The van der Waals surface area contributed by atoms with Gasteiger partial charge in [0.1, 0.15) is 5.75 Å². The molecule has 0 spiro atoms. The van der Waals surface area contributed by atoms with Gasteiger partial charge in [-0.1, -0.05) is 12.1 Å². The second-order valence-electron chi connectivity index (χ2n) is 2.96. The van der Waals surface area contributed by atoms with Crippen LogP contribution in [-0.2, 0) is 0 Å². The first-order chi connectivity index (χ1) is 6.77. The van der Waals surface area contributed by atoms with Crippen molar-refractivity contribution in [3.8, 4) is 17.0 Å². The average Bonchev–Trinajstić information content (AvgIpc) is 2.18. The summed E-state index contributed by atoms with van der Waals surface area (Å²) in [6, 6.07) is 9.76. The molecule has 3 nitrogen and oxygen atoms in total. The molecule has 0 aliphatic heterocycles. The molecular weight excluding hydrogens is 178 g/mol. The van der Waals surface area contributed by atoms with E-state index in [9.17, 15) is 9.90 Å². The zero-order valence-electron chi connectivity index (χ0n) is 7.40. The third-order valence-corrected chi connectivity index (χ3v) is 1.97. The van der Waals surface area contributed by atoms with E-state index in [1.807, 2.05) is 0 Å². The Balaban J connectivity index is 2.61. The maximum absolute atomic E-state index is 11.1. The normalized spacial score (nSPS) is 10.0. The van der Waals surface area contributed by atoms with Crippen molar-refractivity contribution in [2.45, 2.75) is 0 Å². The Morgan fingerprint density at radius 2 is 1.93 bits per heavy atom. The number of phenols is 1. The van der Waals surface area contributed by atoms with Crippen molar-refractivity contribution in [3.05, 3.63) is 52.8 Å². The van der Waals surface area contributed by atoms with Gasteiger partial charge in [0.25, 0.3) is 0 Å². The number of nitrogens with one attached hydrogen (secondary N) is 1. The van der Waals surface area contributed by atoms with E-state index in [0.29, 0.717) is 11.3 Å². The second kappa shape index (κ2) is 3.38. The van der Waals surface area contributed by atoms with E-state index in [-0.39, 0.29) is 11.2 Å². The SMILES string of the molecule is O=c1cc[nH]c(-c2ccccc2O)c1. The van der Waals surface area contributed by atoms with Crippen molar-refractivity contribution in [1.82, 2.24) is 4.98 Å². The molecule has 0 atom stereocenters. The van der Waals surface area contributed by atoms with Crippen LogP contribution in [-0.4, -0.2) is 10.1 Å². The summed E-state index contributed by atoms with van der Waals surface area (Å²) in [6.45, 7) is 0. The lowest BCUT2D eigenvalue weighted by Gasteiger charge is -2.02. The standard InChI is InChI=1S/C11H9NO2/c13-8-5-6-12-10(7-8)9-3-1-2-4-11(9)14/h1-7,14H,(H,12,13). The minimum atomic E-state index is -0.0815. The van der Waals surface area contributed by atoms with Crippen LogP contribution < -0.4 is 5.43 Å². The zero-order valence-corrected chi connectivity index (χ0v) is 7.40. The number of phenolic OH excluding ortho intramolecular Hbond substituents is 1. The van der Waals surface area contributed by atoms with Crippen molar-refractivity contribution in [1.29, 1.82) is 0 Å². The largest absolute Gasteiger partial charge is 0.507 e. The van der Waals surface area contributed by atoms with E-state index in [0.717, 1.165) is 0 Å². The molecule has 0 amide bonds. The number of benzene rings is 1. The molecule has 1 aromatic heterocycles. The lowest BCUT2D eigenvalue weighted by molar-refractivity contribution is 0.477. The summed E-state index contributed by atoms with van der Waals surface area (Å²) in [6.07, 6.45) is 1.56. The number of hydrogen-bond acceptors (Lipinski definition) is 2. The quantitative estimate of drug-likeness (QED) is 0.714. The van der Waals surface area contributed by atoms with Crippen LogP contribution in [0.15, 0.2) is 47.4 Å². The molecule has 2 N–H and O–H groups in total. The van der Waals surface area contributed by atoms with Gasteiger partial charge in [0, 0.05) is 23.9 Å². The van der Waals surface area contributed by atoms with Crippen LogP contribution in [0.3, 0.4) is 0 Å². The maximum Gasteiger partial charge on any atom is 0.182 e. The molecule has 0 aliphatic carbocycles. The van der Waals surface area contributed by atoms with E-state index >= 15 is 0 Å². The molecule has 0 radical (unpaired) electrons. The van der Waals surface area contributed by atoms with Crippen LogP contribution >= 0.6 is 0 Å². The first-order valence-corrected chi connectivity index (χ1v) is 4.24. The van der Waals surface area contributed by atoms with Crippen molar-refractivity contribution in [2.75, 3.05) is 0 Å². The molecule has 2 rings (SSSR count). The van der Waals surface area contributed by atoms with Crippen molar-refractivity contribution < 1.29 is 5.11 Å². The van der Waals surface area contributed by atoms with E-state index in [1.54, 1.807) is 30.5 Å². The van der Waals surface area contributed by atoms with E-state index in [4.69, 9.17) is 0 Å². The predicted molar refractivity (Wildman–Crippen MR) is 54.2 cm³/mol. The molecule has 3 heteroatoms. The number of aromatic nitrogens is 1. The van der Waals surface area contributed by atoms with Crippen LogP contribution in [0.2, 0.25) is 0 Å². The van der Waals surface area contributed by atoms with Gasteiger partial charge in [-0.2, -0.15) is 0 Å². The Kier molecular flexibility index (Phi) is 2.07. The number of hydrogen-bond donors (Lipinski definition) is 2. The molecule has 2 aromatic rings. The van der Waals surface area contributed by atoms with Crippen LogP contribution in [0.25, 0.3) is 11.3 Å². The van der Waals surface area contributed by atoms with Gasteiger partial charge < -0.3 is 10.1 Å². The highest BCUT2D eigenvalue weighted by molar-refractivity contribution is 5.66. The maximum atomic E-state index is 11.1. The molecule has 0 fully saturated rings. The summed E-state index contributed by atoms with van der Waals surface area (Å²) >= 11 is 0. The van der Waals surface area contributed by atoms with Gasteiger partial charge in [-0.3, -0.25) is 4.79 Å². The zero-order chi connectivity index (χ0) is 9.97. The lowest BCUT2D eigenvalue weighted by atomic mass is 10.1. The molecule has 1 aromatic carbocycles. The fourth-order valence-corrected chi connectivity index (χ4v) is 1.30. The minimum absolute atomic E-state index is 0.0815. The molecule has 0 unspecified atom stereocenters. The molecule has 0 bridgehead atoms. The third kappa shape index (κ3) is 1.52. The second-order valence-corrected chi connectivity index (χ2v) is 2.96. The monoisotopic (exact) mass is 187 g/mol. The number of para-hydroxylation sites is 1. The molecule has 0 saturated carbocycles. The Hall–Kier alpha value is -2.03. The molecular formula is C11H9NO2. The van der Waals surface area contributed by atoms with Gasteiger partial charge in [0.05, 0.1) is 5.69 Å². The first kappa shape index (κ1) is 8.56. The number of H-pyrrole nitrogens is 1. The molecule has 0 saturated heterocycles. The van der Waals surface area contributed by atoms with E-state index < -0.39 is 0 Å². The summed E-state index contributed by atoms with van der Waals surface area (Å²) in [5.74, 6) is 0.161. The smallest absolute Gasteiger partial charge is 0.182 e. The summed E-state index contributed by atoms with van der Waals surface area (Å²) in [5, 5.41) is 9.53. The average molecular weight is 187 g/mol. The first-order valence-electron chi connectivity index (χ1n) is 4.24. The minimum Gasteiger partial charge on any atom is -0.507 e. The summed E-state index contributed by atoms with van der Waals surface area (Å²) < 4.78 is 0. The summed E-state index contributed by atoms with van der Waals surface area (Å²) in [4.78, 5) is 14.0. The Morgan fingerprint density at radius 3 is 2.64 bits per heavy atom. The van der Waals surface area contributed by atoms with Crippen LogP contribution in [0.5, 0.6) is 5.75 Å². The van der Waals surface area contributed by atoms with Gasteiger partial charge in [0.15, 0.2) is 5.43 Å². The number of pyridine rings is 1. The summed E-state index contributed by atoms with van der Waals surface area (Å²) in [5.41, 5.74) is 1.17. The molecule has 14 heavy (non-hydrogen) atoms. The Labute approximate surface area is 80.7 Å². The van der Waals surface area contributed by atoms with Crippen LogP contribution in [0.1, 0.15) is 0 Å². The fraction of sp³-hybridized carbons (Fsp3) is 0. The van der Waals surface area contributed by atoms with Crippen molar-refractivity contribution in [2.24, 2.45) is 0 Å². The number of rotatable bonds is 1. The highest BCUT2D eigenvalue weighted by Crippen LogP contribution is 2.25. The van der Waals surface area contributed by atoms with Gasteiger partial charge >= 0.3 is 0 Å². The fourth-order valence-electron chi connectivity index (χ4n) is 1.30. The Bertz CT molecular complexity index is 502. The van der Waals surface area contributed by atoms with Gasteiger partial charge in [-0.15, -0.1) is 0 Å².